The smallest absolute Gasteiger partial charge is 0.132 e. The Hall–Kier alpha value is -1.33. The molecule has 2 rings (SSSR count). The Bertz CT molecular complexity index is 620. The molecule has 0 amide bonds. The Morgan fingerprint density at radius 2 is 1.70 bits per heavy atom. The second kappa shape index (κ2) is 5.97. The first-order chi connectivity index (χ1) is 9.38. The molecule has 2 aromatic carbocycles. The second-order valence-corrected chi connectivity index (χ2v) is 5.58. The van der Waals surface area contributed by atoms with Crippen LogP contribution in [0.4, 0.5) is 13.2 Å². The van der Waals surface area contributed by atoms with Crippen LogP contribution in [0.3, 0.4) is 0 Å². The third-order valence-electron chi connectivity index (χ3n) is 3.16. The zero-order valence-electron chi connectivity index (χ0n) is 10.8. The SMILES string of the molecule is Cc1cc(F)ccc1CC(N)c1c(F)cc(Br)cc1F. The van der Waals surface area contributed by atoms with E-state index < -0.39 is 17.7 Å². The molecule has 0 aliphatic carbocycles. The molecule has 0 fully saturated rings. The summed E-state index contributed by atoms with van der Waals surface area (Å²) >= 11 is 3.02. The van der Waals surface area contributed by atoms with Crippen LogP contribution >= 0.6 is 15.9 Å². The van der Waals surface area contributed by atoms with Crippen molar-refractivity contribution in [1.29, 1.82) is 0 Å². The Labute approximate surface area is 123 Å². The van der Waals surface area contributed by atoms with Crippen molar-refractivity contribution in [2.75, 3.05) is 0 Å². The molecule has 2 aromatic rings. The van der Waals surface area contributed by atoms with Gasteiger partial charge < -0.3 is 5.73 Å². The van der Waals surface area contributed by atoms with Crippen LogP contribution in [0.1, 0.15) is 22.7 Å². The molecule has 5 heteroatoms. The summed E-state index contributed by atoms with van der Waals surface area (Å²) in [6, 6.07) is 5.79. The maximum atomic E-state index is 13.8. The van der Waals surface area contributed by atoms with Gasteiger partial charge >= 0.3 is 0 Å². The van der Waals surface area contributed by atoms with Gasteiger partial charge in [0.05, 0.1) is 0 Å². The third kappa shape index (κ3) is 3.22. The van der Waals surface area contributed by atoms with Crippen LogP contribution in [0, 0.1) is 24.4 Å². The van der Waals surface area contributed by atoms with E-state index in [-0.39, 0.29) is 17.8 Å². The molecule has 0 aliphatic heterocycles. The highest BCUT2D eigenvalue weighted by Crippen LogP contribution is 2.26. The van der Waals surface area contributed by atoms with Gasteiger partial charge in [-0.3, -0.25) is 0 Å². The van der Waals surface area contributed by atoms with Crippen LogP contribution in [-0.4, -0.2) is 0 Å². The van der Waals surface area contributed by atoms with Crippen molar-refractivity contribution in [3.8, 4) is 0 Å². The van der Waals surface area contributed by atoms with Gasteiger partial charge in [-0.2, -0.15) is 0 Å². The zero-order chi connectivity index (χ0) is 14.9. The number of aryl methyl sites for hydroxylation is 1. The van der Waals surface area contributed by atoms with Crippen LogP contribution < -0.4 is 5.73 Å². The van der Waals surface area contributed by atoms with Crippen molar-refractivity contribution in [2.45, 2.75) is 19.4 Å². The topological polar surface area (TPSA) is 26.0 Å². The van der Waals surface area contributed by atoms with Crippen LogP contribution in [0.15, 0.2) is 34.8 Å². The van der Waals surface area contributed by atoms with Gasteiger partial charge in [0.1, 0.15) is 17.5 Å². The van der Waals surface area contributed by atoms with Crippen LogP contribution in [0.2, 0.25) is 0 Å². The molecule has 1 atom stereocenters. The molecule has 0 aliphatic rings. The molecule has 0 saturated heterocycles. The monoisotopic (exact) mass is 343 g/mol. The summed E-state index contributed by atoms with van der Waals surface area (Å²) in [6.45, 7) is 1.74. The standard InChI is InChI=1S/C15H13BrF3N/c1-8-4-11(17)3-2-9(8)5-14(20)15-12(18)6-10(16)7-13(15)19/h2-4,6-7,14H,5,20H2,1H3. The van der Waals surface area contributed by atoms with Gasteiger partial charge in [-0.15, -0.1) is 0 Å². The summed E-state index contributed by atoms with van der Waals surface area (Å²) in [6.07, 6.45) is 0.238. The highest BCUT2D eigenvalue weighted by Gasteiger charge is 2.18. The molecule has 2 N–H and O–H groups in total. The quantitative estimate of drug-likeness (QED) is 0.877. The predicted molar refractivity (Wildman–Crippen MR) is 75.8 cm³/mol. The van der Waals surface area contributed by atoms with Crippen molar-refractivity contribution in [3.05, 3.63) is 68.9 Å². The number of nitrogens with two attached hydrogens (primary N) is 1. The summed E-state index contributed by atoms with van der Waals surface area (Å²) in [4.78, 5) is 0. The van der Waals surface area contributed by atoms with Gasteiger partial charge in [-0.05, 0) is 48.7 Å². The molecule has 0 spiro atoms. The van der Waals surface area contributed by atoms with E-state index in [0.29, 0.717) is 10.0 Å². The first-order valence-corrected chi connectivity index (χ1v) is 6.83. The van der Waals surface area contributed by atoms with Crippen molar-refractivity contribution in [3.63, 3.8) is 0 Å². The Morgan fingerprint density at radius 3 is 2.25 bits per heavy atom. The van der Waals surface area contributed by atoms with Gasteiger partial charge in [0.25, 0.3) is 0 Å². The molecule has 0 heterocycles. The lowest BCUT2D eigenvalue weighted by atomic mass is 9.96. The normalized spacial score (nSPS) is 12.5. The maximum absolute atomic E-state index is 13.8. The zero-order valence-corrected chi connectivity index (χ0v) is 12.3. The van der Waals surface area contributed by atoms with Crippen molar-refractivity contribution < 1.29 is 13.2 Å². The molecule has 0 radical (unpaired) electrons. The van der Waals surface area contributed by atoms with Crippen LogP contribution in [-0.2, 0) is 6.42 Å². The molecule has 20 heavy (non-hydrogen) atoms. The average Bonchev–Trinajstić information content (AvgIpc) is 2.31. The number of hydrogen-bond acceptors (Lipinski definition) is 1. The van der Waals surface area contributed by atoms with Gasteiger partial charge in [0.15, 0.2) is 0 Å². The summed E-state index contributed by atoms with van der Waals surface area (Å²) in [5.41, 5.74) is 7.21. The van der Waals surface area contributed by atoms with Crippen LogP contribution in [0.5, 0.6) is 0 Å². The van der Waals surface area contributed by atoms with E-state index in [1.807, 2.05) is 0 Å². The van der Waals surface area contributed by atoms with E-state index in [2.05, 4.69) is 15.9 Å². The number of halogens is 4. The highest BCUT2D eigenvalue weighted by atomic mass is 79.9. The lowest BCUT2D eigenvalue weighted by Crippen LogP contribution is -2.17. The van der Waals surface area contributed by atoms with E-state index in [0.717, 1.165) is 5.56 Å². The third-order valence-corrected chi connectivity index (χ3v) is 3.62. The first-order valence-electron chi connectivity index (χ1n) is 6.03. The number of benzene rings is 2. The van der Waals surface area contributed by atoms with E-state index in [1.54, 1.807) is 13.0 Å². The van der Waals surface area contributed by atoms with Gasteiger partial charge in [-0.25, -0.2) is 13.2 Å². The molecule has 1 nitrogen and oxygen atoms in total. The molecular formula is C15H13BrF3N. The average molecular weight is 344 g/mol. The fourth-order valence-corrected chi connectivity index (χ4v) is 2.54. The molecule has 0 aromatic heterocycles. The van der Waals surface area contributed by atoms with Gasteiger partial charge in [0, 0.05) is 16.1 Å². The largest absolute Gasteiger partial charge is 0.323 e. The molecule has 1 unspecified atom stereocenters. The van der Waals surface area contributed by atoms with E-state index >= 15 is 0 Å². The minimum absolute atomic E-state index is 0.156. The lowest BCUT2D eigenvalue weighted by molar-refractivity contribution is 0.523. The van der Waals surface area contributed by atoms with Gasteiger partial charge in [-0.1, -0.05) is 22.0 Å². The van der Waals surface area contributed by atoms with Crippen LogP contribution in [0.25, 0.3) is 0 Å². The minimum Gasteiger partial charge on any atom is -0.323 e. The van der Waals surface area contributed by atoms with E-state index in [9.17, 15) is 13.2 Å². The maximum Gasteiger partial charge on any atom is 0.132 e. The molecule has 106 valence electrons. The van der Waals surface area contributed by atoms with Crippen molar-refractivity contribution in [1.82, 2.24) is 0 Å². The van der Waals surface area contributed by atoms with Crippen molar-refractivity contribution in [2.24, 2.45) is 5.73 Å². The summed E-state index contributed by atoms with van der Waals surface area (Å²) in [7, 11) is 0. The predicted octanol–water partition coefficient (Wildman–Crippen LogP) is 4.42. The number of hydrogen-bond donors (Lipinski definition) is 1. The number of rotatable bonds is 3. The Kier molecular flexibility index (Phi) is 4.50. The van der Waals surface area contributed by atoms with Gasteiger partial charge in [0.2, 0.25) is 0 Å². The summed E-state index contributed by atoms with van der Waals surface area (Å²) in [5.74, 6) is -1.73. The summed E-state index contributed by atoms with van der Waals surface area (Å²) in [5, 5.41) is 0. The Balaban J connectivity index is 2.31. The van der Waals surface area contributed by atoms with Crippen molar-refractivity contribution >= 4 is 15.9 Å². The molecule has 0 saturated carbocycles. The lowest BCUT2D eigenvalue weighted by Gasteiger charge is -2.16. The Morgan fingerprint density at radius 1 is 1.10 bits per heavy atom. The van der Waals surface area contributed by atoms with E-state index in [4.69, 9.17) is 5.73 Å². The first kappa shape index (κ1) is 15.1. The fourth-order valence-electron chi connectivity index (χ4n) is 2.13. The molecule has 0 bridgehead atoms. The summed E-state index contributed by atoms with van der Waals surface area (Å²) < 4.78 is 41.0. The minimum atomic E-state index is -0.827. The van der Waals surface area contributed by atoms with E-state index in [1.165, 1.54) is 24.3 Å². The fraction of sp³-hybridized carbons (Fsp3) is 0.200. The molecular weight excluding hydrogens is 331 g/mol. The highest BCUT2D eigenvalue weighted by molar-refractivity contribution is 9.10. The second-order valence-electron chi connectivity index (χ2n) is 4.66.